The standard InChI is InChI=1S/C18H21N5O3/c1-11-15(17(24)25-2)16(23-18(19-11)20-21-22-23)12-7-9-14(10-8-12)26-13-5-3-4-6-13/h7-10,13,16H,3-6H2,1-2H3,(H,19,20,22)/t16-/m0/s1. The second kappa shape index (κ2) is 6.78. The lowest BCUT2D eigenvalue weighted by molar-refractivity contribution is -0.136. The van der Waals surface area contributed by atoms with Crippen LogP contribution in [-0.4, -0.2) is 39.4 Å². The Morgan fingerprint density at radius 1 is 1.23 bits per heavy atom. The monoisotopic (exact) mass is 355 g/mol. The molecular formula is C18H21N5O3. The van der Waals surface area contributed by atoms with E-state index in [1.165, 1.54) is 20.0 Å². The van der Waals surface area contributed by atoms with Crippen LogP contribution in [0.3, 0.4) is 0 Å². The molecule has 0 spiro atoms. The summed E-state index contributed by atoms with van der Waals surface area (Å²) in [5.41, 5.74) is 2.05. The zero-order valence-corrected chi connectivity index (χ0v) is 14.8. The molecule has 4 rings (SSSR count). The van der Waals surface area contributed by atoms with Crippen molar-refractivity contribution >= 4 is 11.9 Å². The van der Waals surface area contributed by atoms with Gasteiger partial charge in [-0.25, -0.2) is 4.79 Å². The summed E-state index contributed by atoms with van der Waals surface area (Å²) >= 11 is 0. The van der Waals surface area contributed by atoms with Crippen LogP contribution in [-0.2, 0) is 9.53 Å². The molecule has 1 N–H and O–H groups in total. The third-order valence-electron chi connectivity index (χ3n) is 4.92. The maximum absolute atomic E-state index is 12.4. The zero-order valence-electron chi connectivity index (χ0n) is 14.8. The van der Waals surface area contributed by atoms with Crippen molar-refractivity contribution in [1.29, 1.82) is 0 Å². The van der Waals surface area contributed by atoms with Gasteiger partial charge in [0.05, 0.1) is 18.8 Å². The van der Waals surface area contributed by atoms with E-state index in [4.69, 9.17) is 9.47 Å². The first-order valence-electron chi connectivity index (χ1n) is 8.78. The third-order valence-corrected chi connectivity index (χ3v) is 4.92. The number of hydrogen-bond donors (Lipinski definition) is 1. The summed E-state index contributed by atoms with van der Waals surface area (Å²) < 4.78 is 12.6. The first-order valence-corrected chi connectivity index (χ1v) is 8.78. The topological polar surface area (TPSA) is 91.2 Å². The van der Waals surface area contributed by atoms with Crippen molar-refractivity contribution in [2.75, 3.05) is 12.4 Å². The van der Waals surface area contributed by atoms with Gasteiger partial charge in [-0.2, -0.15) is 4.68 Å². The van der Waals surface area contributed by atoms with E-state index < -0.39 is 12.0 Å². The molecule has 1 fully saturated rings. The predicted octanol–water partition coefficient (Wildman–Crippen LogP) is 2.46. The summed E-state index contributed by atoms with van der Waals surface area (Å²) in [7, 11) is 1.37. The molecule has 0 saturated heterocycles. The van der Waals surface area contributed by atoms with Crippen LogP contribution in [0, 0.1) is 0 Å². The van der Waals surface area contributed by atoms with Crippen LogP contribution in [0.25, 0.3) is 0 Å². The van der Waals surface area contributed by atoms with E-state index in [9.17, 15) is 4.79 Å². The summed E-state index contributed by atoms with van der Waals surface area (Å²) in [5, 5.41) is 14.8. The third kappa shape index (κ3) is 2.91. The van der Waals surface area contributed by atoms with Crippen molar-refractivity contribution in [2.24, 2.45) is 0 Å². The zero-order chi connectivity index (χ0) is 18.1. The number of methoxy groups -OCH3 is 1. The highest BCUT2D eigenvalue weighted by atomic mass is 16.5. The van der Waals surface area contributed by atoms with Gasteiger partial charge in [-0.1, -0.05) is 17.2 Å². The molecule has 0 bridgehead atoms. The Morgan fingerprint density at radius 2 is 1.96 bits per heavy atom. The van der Waals surface area contributed by atoms with E-state index in [1.807, 2.05) is 31.2 Å². The fourth-order valence-corrected chi connectivity index (χ4v) is 3.62. The maximum atomic E-state index is 12.4. The van der Waals surface area contributed by atoms with Crippen molar-refractivity contribution in [1.82, 2.24) is 20.2 Å². The highest BCUT2D eigenvalue weighted by molar-refractivity contribution is 5.92. The number of esters is 1. The largest absolute Gasteiger partial charge is 0.490 e. The number of benzene rings is 1. The first kappa shape index (κ1) is 16.6. The minimum atomic E-state index is -0.450. The molecule has 1 saturated carbocycles. The summed E-state index contributed by atoms with van der Waals surface area (Å²) in [6.45, 7) is 1.81. The molecule has 1 aromatic heterocycles. The number of nitrogens with zero attached hydrogens (tertiary/aromatic N) is 4. The summed E-state index contributed by atoms with van der Waals surface area (Å²) in [6, 6.07) is 7.31. The van der Waals surface area contributed by atoms with Gasteiger partial charge in [0.15, 0.2) is 0 Å². The Morgan fingerprint density at radius 3 is 2.65 bits per heavy atom. The predicted molar refractivity (Wildman–Crippen MR) is 93.6 cm³/mol. The highest BCUT2D eigenvalue weighted by Crippen LogP contribution is 2.35. The van der Waals surface area contributed by atoms with Crippen molar-refractivity contribution in [2.45, 2.75) is 44.8 Å². The number of aromatic nitrogens is 4. The van der Waals surface area contributed by atoms with Crippen LogP contribution in [0.5, 0.6) is 5.75 Å². The van der Waals surface area contributed by atoms with Gasteiger partial charge in [-0.05, 0) is 60.7 Å². The molecule has 2 aromatic rings. The number of ether oxygens (including phenoxy) is 2. The van der Waals surface area contributed by atoms with Gasteiger partial charge < -0.3 is 14.8 Å². The van der Waals surface area contributed by atoms with Gasteiger partial charge in [0.1, 0.15) is 11.8 Å². The van der Waals surface area contributed by atoms with Crippen molar-refractivity contribution in [3.8, 4) is 5.75 Å². The number of carbonyl (C=O) groups is 1. The van der Waals surface area contributed by atoms with Gasteiger partial charge in [0, 0.05) is 5.70 Å². The molecule has 1 atom stereocenters. The average molecular weight is 355 g/mol. The summed E-state index contributed by atoms with van der Waals surface area (Å²) in [5.74, 6) is 0.922. The number of allylic oxidation sites excluding steroid dienone is 1. The summed E-state index contributed by atoms with van der Waals surface area (Å²) in [4.78, 5) is 12.4. The Balaban J connectivity index is 1.66. The van der Waals surface area contributed by atoms with Crippen LogP contribution in [0.15, 0.2) is 35.5 Å². The molecule has 0 radical (unpaired) electrons. The minimum absolute atomic E-state index is 0.304. The molecule has 136 valence electrons. The maximum Gasteiger partial charge on any atom is 0.338 e. The minimum Gasteiger partial charge on any atom is -0.490 e. The highest BCUT2D eigenvalue weighted by Gasteiger charge is 2.34. The second-order valence-electron chi connectivity index (χ2n) is 6.60. The van der Waals surface area contributed by atoms with E-state index in [1.54, 1.807) is 4.68 Å². The quantitative estimate of drug-likeness (QED) is 0.842. The molecule has 2 aliphatic rings. The lowest BCUT2D eigenvalue weighted by atomic mass is 9.96. The van der Waals surface area contributed by atoms with E-state index in [0.717, 1.165) is 24.2 Å². The van der Waals surface area contributed by atoms with Crippen LogP contribution in [0.2, 0.25) is 0 Å². The number of rotatable bonds is 4. The molecule has 1 aromatic carbocycles. The van der Waals surface area contributed by atoms with Gasteiger partial charge in [-0.3, -0.25) is 0 Å². The molecule has 0 amide bonds. The Labute approximate surface area is 151 Å². The molecule has 8 nitrogen and oxygen atoms in total. The van der Waals surface area contributed by atoms with Gasteiger partial charge >= 0.3 is 5.97 Å². The lowest BCUT2D eigenvalue weighted by Crippen LogP contribution is -2.29. The first-order chi connectivity index (χ1) is 12.7. The number of fused-ring (bicyclic) bond motifs is 1. The number of anilines is 1. The van der Waals surface area contributed by atoms with E-state index in [2.05, 4.69) is 20.8 Å². The number of carbonyl (C=O) groups excluding carboxylic acids is 1. The second-order valence-corrected chi connectivity index (χ2v) is 6.60. The Bertz CT molecular complexity index is 837. The van der Waals surface area contributed by atoms with Crippen LogP contribution in [0.4, 0.5) is 5.95 Å². The SMILES string of the molecule is COC(=O)C1=C(C)Nc2nnnn2[C@H]1c1ccc(OC2CCCC2)cc1. The van der Waals surface area contributed by atoms with Crippen molar-refractivity contribution in [3.63, 3.8) is 0 Å². The van der Waals surface area contributed by atoms with E-state index in [-0.39, 0.29) is 0 Å². The molecule has 2 heterocycles. The molecule has 26 heavy (non-hydrogen) atoms. The fraction of sp³-hybridized carbons (Fsp3) is 0.444. The fourth-order valence-electron chi connectivity index (χ4n) is 3.62. The number of nitrogens with one attached hydrogen (secondary N) is 1. The van der Waals surface area contributed by atoms with Crippen molar-refractivity contribution < 1.29 is 14.3 Å². The van der Waals surface area contributed by atoms with Crippen LogP contribution < -0.4 is 10.1 Å². The number of hydrogen-bond acceptors (Lipinski definition) is 7. The van der Waals surface area contributed by atoms with Gasteiger partial charge in [0.25, 0.3) is 0 Å². The van der Waals surface area contributed by atoms with Gasteiger partial charge in [0.2, 0.25) is 5.95 Å². The van der Waals surface area contributed by atoms with Gasteiger partial charge in [-0.15, -0.1) is 0 Å². The Hall–Kier alpha value is -2.90. The molecule has 1 aliphatic heterocycles. The van der Waals surface area contributed by atoms with E-state index >= 15 is 0 Å². The van der Waals surface area contributed by atoms with E-state index in [0.29, 0.717) is 23.3 Å². The lowest BCUT2D eigenvalue weighted by Gasteiger charge is -2.27. The normalized spacial score (nSPS) is 19.8. The molecule has 8 heteroatoms. The summed E-state index contributed by atoms with van der Waals surface area (Å²) in [6.07, 6.45) is 4.98. The molecule has 1 aliphatic carbocycles. The molecule has 0 unspecified atom stereocenters. The Kier molecular flexibility index (Phi) is 4.32. The average Bonchev–Trinajstić information content (AvgIpc) is 3.32. The molecular weight excluding hydrogens is 334 g/mol. The number of tetrazole rings is 1. The van der Waals surface area contributed by atoms with Crippen LogP contribution >= 0.6 is 0 Å². The van der Waals surface area contributed by atoms with Crippen molar-refractivity contribution in [3.05, 3.63) is 41.1 Å². The van der Waals surface area contributed by atoms with Crippen LogP contribution in [0.1, 0.15) is 44.2 Å². The smallest absolute Gasteiger partial charge is 0.338 e.